The molecule has 4 heterocycles. The lowest BCUT2D eigenvalue weighted by Crippen LogP contribution is -2.41. The predicted octanol–water partition coefficient (Wildman–Crippen LogP) is 4.07. The second-order valence-electron chi connectivity index (χ2n) is 10.8. The number of carbonyl (C=O) groups is 3. The Labute approximate surface area is 240 Å². The van der Waals surface area contributed by atoms with Crippen molar-refractivity contribution in [1.29, 1.82) is 0 Å². The lowest BCUT2D eigenvalue weighted by molar-refractivity contribution is -0.143. The molecule has 3 aliphatic rings. The molecule has 1 aromatic heterocycles. The zero-order valence-corrected chi connectivity index (χ0v) is 23.1. The number of likely N-dealkylation sites (tertiary alicyclic amines) is 1. The van der Waals surface area contributed by atoms with Gasteiger partial charge in [0.05, 0.1) is 13.2 Å². The minimum Gasteiger partial charge on any atom is -0.465 e. The number of rotatable bonds is 6. The molecule has 3 aliphatic heterocycles. The van der Waals surface area contributed by atoms with Crippen molar-refractivity contribution >= 4 is 35.4 Å². The number of urea groups is 1. The van der Waals surface area contributed by atoms with Crippen LogP contribution in [0.25, 0.3) is 11.1 Å². The maximum absolute atomic E-state index is 13.1. The second-order valence-corrected chi connectivity index (χ2v) is 10.8. The number of morpholine rings is 1. The number of alkyl halides is 3. The first-order valence-corrected chi connectivity index (χ1v) is 13.9. The highest BCUT2D eigenvalue weighted by Gasteiger charge is 2.37. The molecule has 2 aromatic rings. The molecular weight excluding hydrogens is 557 g/mol. The fourth-order valence-electron chi connectivity index (χ4n) is 5.66. The van der Waals surface area contributed by atoms with Gasteiger partial charge in [0.2, 0.25) is 0 Å². The summed E-state index contributed by atoms with van der Waals surface area (Å²) in [5.41, 5.74) is 2.88. The third-order valence-electron chi connectivity index (χ3n) is 7.81. The number of carboxylic acid groups (broad SMARTS) is 1. The number of pyridine rings is 1. The first-order chi connectivity index (χ1) is 20.0. The lowest BCUT2D eigenvalue weighted by Gasteiger charge is -2.29. The number of ether oxygens (including phenoxy) is 1. The van der Waals surface area contributed by atoms with Crippen LogP contribution in [0.5, 0.6) is 0 Å². The second kappa shape index (κ2) is 12.0. The summed E-state index contributed by atoms with van der Waals surface area (Å²) in [6.07, 6.45) is -5.84. The molecular formula is C28H33F3N6O5. The van der Waals surface area contributed by atoms with Crippen LogP contribution in [0.2, 0.25) is 0 Å². The van der Waals surface area contributed by atoms with Gasteiger partial charge >= 0.3 is 18.3 Å². The minimum atomic E-state index is -4.26. The van der Waals surface area contributed by atoms with Crippen LogP contribution in [0, 0.1) is 12.8 Å². The molecule has 42 heavy (non-hydrogen) atoms. The monoisotopic (exact) mass is 590 g/mol. The summed E-state index contributed by atoms with van der Waals surface area (Å²) in [6.45, 7) is 4.76. The van der Waals surface area contributed by atoms with Crippen LogP contribution in [0.1, 0.15) is 24.8 Å². The van der Waals surface area contributed by atoms with Crippen molar-refractivity contribution in [3.8, 4) is 11.1 Å². The van der Waals surface area contributed by atoms with E-state index in [1.165, 1.54) is 9.80 Å². The first-order valence-electron chi connectivity index (χ1n) is 13.9. The molecule has 0 spiro atoms. The SMILES string of the molecule is Cc1ccc(NC(=O)N2CCC(CC(F)(F)F)C2)cc1-c1cc(N2CCOCC2)nc(N2CCC(NC(=O)O)C2=O)c1. The molecule has 3 saturated heterocycles. The molecule has 0 radical (unpaired) electrons. The van der Waals surface area contributed by atoms with E-state index in [-0.39, 0.29) is 19.0 Å². The van der Waals surface area contributed by atoms with Gasteiger partial charge in [-0.3, -0.25) is 9.69 Å². The van der Waals surface area contributed by atoms with E-state index in [4.69, 9.17) is 14.8 Å². The molecule has 0 aliphatic carbocycles. The van der Waals surface area contributed by atoms with Crippen molar-refractivity contribution in [3.05, 3.63) is 35.9 Å². The maximum Gasteiger partial charge on any atom is 0.405 e. The van der Waals surface area contributed by atoms with Crippen molar-refractivity contribution in [2.75, 3.05) is 61.1 Å². The average molecular weight is 591 g/mol. The summed E-state index contributed by atoms with van der Waals surface area (Å²) < 4.78 is 43.9. The fraction of sp³-hybridized carbons (Fsp3) is 0.500. The highest BCUT2D eigenvalue weighted by molar-refractivity contribution is 6.00. The van der Waals surface area contributed by atoms with E-state index < -0.39 is 36.7 Å². The van der Waals surface area contributed by atoms with E-state index in [9.17, 15) is 27.6 Å². The van der Waals surface area contributed by atoms with Crippen molar-refractivity contribution in [2.24, 2.45) is 5.92 Å². The molecule has 11 nitrogen and oxygen atoms in total. The largest absolute Gasteiger partial charge is 0.465 e. The first kappa shape index (κ1) is 29.4. The van der Waals surface area contributed by atoms with Gasteiger partial charge in [-0.15, -0.1) is 0 Å². The molecule has 0 bridgehead atoms. The zero-order valence-electron chi connectivity index (χ0n) is 23.1. The van der Waals surface area contributed by atoms with Gasteiger partial charge in [-0.1, -0.05) is 6.07 Å². The summed E-state index contributed by atoms with van der Waals surface area (Å²) in [4.78, 5) is 46.8. The maximum atomic E-state index is 13.1. The van der Waals surface area contributed by atoms with Crippen molar-refractivity contribution in [1.82, 2.24) is 15.2 Å². The van der Waals surface area contributed by atoms with Crippen LogP contribution in [-0.4, -0.2) is 91.2 Å². The number of carbonyl (C=O) groups excluding carboxylic acids is 2. The van der Waals surface area contributed by atoms with Crippen LogP contribution in [0.4, 0.5) is 40.1 Å². The molecule has 3 N–H and O–H groups in total. The van der Waals surface area contributed by atoms with Crippen molar-refractivity contribution in [2.45, 2.75) is 38.4 Å². The third-order valence-corrected chi connectivity index (χ3v) is 7.81. The summed E-state index contributed by atoms with van der Waals surface area (Å²) in [7, 11) is 0. The number of nitrogens with zero attached hydrogens (tertiary/aromatic N) is 4. The highest BCUT2D eigenvalue weighted by atomic mass is 19.4. The topological polar surface area (TPSA) is 127 Å². The Kier molecular flexibility index (Phi) is 8.43. The highest BCUT2D eigenvalue weighted by Crippen LogP contribution is 2.34. The Morgan fingerprint density at radius 2 is 1.81 bits per heavy atom. The molecule has 4 amide bonds. The molecule has 0 saturated carbocycles. The normalized spacial score (nSPS) is 21.1. The van der Waals surface area contributed by atoms with Gasteiger partial charge in [-0.2, -0.15) is 13.2 Å². The number of benzene rings is 1. The Hall–Kier alpha value is -4.07. The number of aryl methyl sites for hydroxylation is 1. The van der Waals surface area contributed by atoms with E-state index in [0.29, 0.717) is 63.0 Å². The summed E-state index contributed by atoms with van der Waals surface area (Å²) >= 11 is 0. The minimum absolute atomic E-state index is 0.0439. The molecule has 1 aromatic carbocycles. The molecule has 2 unspecified atom stereocenters. The number of halogens is 3. The van der Waals surface area contributed by atoms with Gasteiger partial charge in [0.25, 0.3) is 5.91 Å². The van der Waals surface area contributed by atoms with Crippen LogP contribution >= 0.6 is 0 Å². The van der Waals surface area contributed by atoms with E-state index in [2.05, 4.69) is 15.5 Å². The number of amides is 4. The Morgan fingerprint density at radius 3 is 2.52 bits per heavy atom. The van der Waals surface area contributed by atoms with Crippen LogP contribution in [0.15, 0.2) is 30.3 Å². The average Bonchev–Trinajstić information content (AvgIpc) is 3.55. The van der Waals surface area contributed by atoms with Crippen molar-refractivity contribution < 1.29 is 37.4 Å². The van der Waals surface area contributed by atoms with Gasteiger partial charge in [0, 0.05) is 44.8 Å². The summed E-state index contributed by atoms with van der Waals surface area (Å²) in [5, 5.41) is 14.2. The summed E-state index contributed by atoms with van der Waals surface area (Å²) in [6, 6.07) is 7.71. The van der Waals surface area contributed by atoms with Crippen LogP contribution in [-0.2, 0) is 9.53 Å². The zero-order chi connectivity index (χ0) is 30.0. The molecule has 5 rings (SSSR count). The number of anilines is 3. The molecule has 2 atom stereocenters. The van der Waals surface area contributed by atoms with E-state index >= 15 is 0 Å². The van der Waals surface area contributed by atoms with E-state index in [1.54, 1.807) is 18.2 Å². The Morgan fingerprint density at radius 1 is 1.07 bits per heavy atom. The van der Waals surface area contributed by atoms with Crippen molar-refractivity contribution in [3.63, 3.8) is 0 Å². The quantitative estimate of drug-likeness (QED) is 0.463. The van der Waals surface area contributed by atoms with Crippen LogP contribution in [0.3, 0.4) is 0 Å². The Bertz CT molecular complexity index is 1350. The predicted molar refractivity (Wildman–Crippen MR) is 149 cm³/mol. The van der Waals surface area contributed by atoms with Gasteiger partial charge in [-0.05, 0) is 66.6 Å². The third kappa shape index (κ3) is 6.86. The molecule has 226 valence electrons. The van der Waals surface area contributed by atoms with Gasteiger partial charge in [0.1, 0.15) is 17.7 Å². The number of hydrogen-bond donors (Lipinski definition) is 3. The number of hydrogen-bond acceptors (Lipinski definition) is 6. The molecule has 14 heteroatoms. The fourth-order valence-corrected chi connectivity index (χ4v) is 5.66. The van der Waals surface area contributed by atoms with E-state index in [0.717, 1.165) is 16.7 Å². The van der Waals surface area contributed by atoms with Gasteiger partial charge < -0.3 is 30.3 Å². The molecule has 3 fully saturated rings. The lowest BCUT2D eigenvalue weighted by atomic mass is 10.00. The van der Waals surface area contributed by atoms with Gasteiger partial charge in [-0.25, -0.2) is 14.6 Å². The van der Waals surface area contributed by atoms with Crippen LogP contribution < -0.4 is 20.4 Å². The Balaban J connectivity index is 1.41. The standard InChI is InChI=1S/C28H33F3N6O5/c1-17-2-3-20(32-26(39)36-6-4-18(16-36)15-28(29,30)31)14-21(17)19-12-23(35-8-10-42-11-9-35)34-24(13-19)37-7-5-22(25(37)38)33-27(40)41/h2-3,12-14,18,22,33H,4-11,15-16H2,1H3,(H,32,39)(H,40,41). The van der Waals surface area contributed by atoms with E-state index in [1.807, 2.05) is 19.1 Å². The van der Waals surface area contributed by atoms with Gasteiger partial charge in [0.15, 0.2) is 0 Å². The number of nitrogens with one attached hydrogen (secondary N) is 2. The smallest absolute Gasteiger partial charge is 0.405 e. The summed E-state index contributed by atoms with van der Waals surface area (Å²) in [5.74, 6) is 0.0177. The number of aromatic nitrogens is 1.